The second-order valence-corrected chi connectivity index (χ2v) is 11.0. The molecule has 0 radical (unpaired) electrons. The van der Waals surface area contributed by atoms with Gasteiger partial charge in [0, 0.05) is 19.2 Å². The highest BCUT2D eigenvalue weighted by atomic mass is 35.5. The molecule has 12 heteroatoms. The zero-order chi connectivity index (χ0) is 27.8. The Hall–Kier alpha value is -2.69. The van der Waals surface area contributed by atoms with E-state index < -0.39 is 28.5 Å². The van der Waals surface area contributed by atoms with Gasteiger partial charge < -0.3 is 19.7 Å². The summed E-state index contributed by atoms with van der Waals surface area (Å²) < 4.78 is 37.0. The predicted molar refractivity (Wildman–Crippen MR) is 146 cm³/mol. The molecule has 1 N–H and O–H groups in total. The normalized spacial score (nSPS) is 12.0. The second-order valence-electron chi connectivity index (χ2n) is 8.29. The van der Waals surface area contributed by atoms with Gasteiger partial charge in [-0.2, -0.15) is 0 Å². The van der Waals surface area contributed by atoms with Crippen LogP contribution in [-0.4, -0.2) is 64.7 Å². The van der Waals surface area contributed by atoms with Crippen molar-refractivity contribution >= 4 is 50.7 Å². The van der Waals surface area contributed by atoms with Crippen LogP contribution in [0.4, 0.5) is 5.69 Å². The van der Waals surface area contributed by atoms with Crippen LogP contribution < -0.4 is 19.1 Å². The van der Waals surface area contributed by atoms with Gasteiger partial charge in [-0.3, -0.25) is 13.9 Å². The summed E-state index contributed by atoms with van der Waals surface area (Å²) in [7, 11) is -1.00. The van der Waals surface area contributed by atoms with Gasteiger partial charge in [0.15, 0.2) is 11.5 Å². The van der Waals surface area contributed by atoms with E-state index in [9.17, 15) is 18.0 Å². The van der Waals surface area contributed by atoms with Crippen molar-refractivity contribution in [3.8, 4) is 11.5 Å². The molecule has 204 valence electrons. The van der Waals surface area contributed by atoms with Gasteiger partial charge in [0.2, 0.25) is 21.8 Å². The molecule has 0 aromatic heterocycles. The smallest absolute Gasteiger partial charge is 0.244 e. The average molecular weight is 575 g/mol. The predicted octanol–water partition coefficient (Wildman–Crippen LogP) is 4.11. The SMILES string of the molecule is CCCNC(=O)[C@H](CC)N(Cc1ccc(Cl)c(Cl)c1)C(=O)CN(c1ccc(OC)c(OC)c1)S(C)(=O)=O. The highest BCUT2D eigenvalue weighted by Gasteiger charge is 2.32. The number of nitrogens with one attached hydrogen (secondary N) is 1. The summed E-state index contributed by atoms with van der Waals surface area (Å²) in [4.78, 5) is 28.1. The van der Waals surface area contributed by atoms with Gasteiger partial charge in [0.1, 0.15) is 12.6 Å². The number of methoxy groups -OCH3 is 2. The fourth-order valence-corrected chi connectivity index (χ4v) is 4.88. The largest absolute Gasteiger partial charge is 0.493 e. The van der Waals surface area contributed by atoms with Crippen LogP contribution in [0, 0.1) is 0 Å². The molecule has 0 unspecified atom stereocenters. The number of amides is 2. The fraction of sp³-hybridized carbons (Fsp3) is 0.440. The van der Waals surface area contributed by atoms with Crippen molar-refractivity contribution in [1.82, 2.24) is 10.2 Å². The Kier molecular flexibility index (Phi) is 11.3. The summed E-state index contributed by atoms with van der Waals surface area (Å²) in [6, 6.07) is 8.63. The second kappa shape index (κ2) is 13.7. The number of hydrogen-bond donors (Lipinski definition) is 1. The lowest BCUT2D eigenvalue weighted by Crippen LogP contribution is -2.52. The Morgan fingerprint density at radius 2 is 1.68 bits per heavy atom. The molecule has 1 atom stereocenters. The Labute approximate surface area is 228 Å². The first-order chi connectivity index (χ1) is 17.5. The topological polar surface area (TPSA) is 105 Å². The number of hydrogen-bond acceptors (Lipinski definition) is 6. The van der Waals surface area contributed by atoms with E-state index in [1.165, 1.54) is 31.3 Å². The number of carbonyl (C=O) groups excluding carboxylic acids is 2. The maximum Gasteiger partial charge on any atom is 0.244 e. The van der Waals surface area contributed by atoms with Gasteiger partial charge >= 0.3 is 0 Å². The molecule has 0 heterocycles. The van der Waals surface area contributed by atoms with E-state index in [1.807, 2.05) is 6.92 Å². The zero-order valence-electron chi connectivity index (χ0n) is 21.6. The Bertz CT molecular complexity index is 1210. The molecule has 0 aliphatic heterocycles. The Morgan fingerprint density at radius 1 is 1.00 bits per heavy atom. The summed E-state index contributed by atoms with van der Waals surface area (Å²) >= 11 is 12.2. The number of rotatable bonds is 13. The van der Waals surface area contributed by atoms with Crippen molar-refractivity contribution in [3.05, 3.63) is 52.0 Å². The average Bonchev–Trinajstić information content (AvgIpc) is 2.86. The standard InChI is InChI=1S/C25H33Cl2N3O6S/c1-6-12-28-25(32)21(7-2)29(15-17-8-10-19(26)20(27)13-17)24(31)16-30(37(5,33)34)18-9-11-22(35-3)23(14-18)36-4/h8-11,13-14,21H,6-7,12,15-16H2,1-5H3,(H,28,32)/t21-/m0/s1. The molecule has 9 nitrogen and oxygen atoms in total. The molecule has 2 aromatic rings. The first-order valence-corrected chi connectivity index (χ1v) is 14.3. The van der Waals surface area contributed by atoms with E-state index in [-0.39, 0.29) is 18.1 Å². The minimum atomic E-state index is -3.89. The van der Waals surface area contributed by atoms with E-state index in [4.69, 9.17) is 32.7 Å². The van der Waals surface area contributed by atoms with Crippen molar-refractivity contribution in [2.24, 2.45) is 0 Å². The van der Waals surface area contributed by atoms with Crippen LogP contribution in [0.2, 0.25) is 10.0 Å². The summed E-state index contributed by atoms with van der Waals surface area (Å²) in [5, 5.41) is 3.48. The monoisotopic (exact) mass is 573 g/mol. The number of ether oxygens (including phenoxy) is 2. The summed E-state index contributed by atoms with van der Waals surface area (Å²) in [6.07, 6.45) is 2.05. The van der Waals surface area contributed by atoms with Crippen LogP contribution >= 0.6 is 23.2 Å². The molecule has 2 rings (SSSR count). The first-order valence-electron chi connectivity index (χ1n) is 11.7. The van der Waals surface area contributed by atoms with Crippen molar-refractivity contribution in [2.75, 3.05) is 37.9 Å². The molecule has 0 bridgehead atoms. The maximum atomic E-state index is 13.7. The molecule has 0 fully saturated rings. The third-order valence-corrected chi connectivity index (χ3v) is 7.49. The van der Waals surface area contributed by atoms with E-state index in [0.717, 1.165) is 17.0 Å². The highest BCUT2D eigenvalue weighted by Crippen LogP contribution is 2.32. The van der Waals surface area contributed by atoms with Crippen LogP contribution in [0.1, 0.15) is 32.3 Å². The molecule has 0 aliphatic carbocycles. The van der Waals surface area contributed by atoms with Crippen LogP contribution in [0.25, 0.3) is 0 Å². The number of nitrogens with zero attached hydrogens (tertiary/aromatic N) is 2. The molecule has 2 amide bonds. The van der Waals surface area contributed by atoms with Gasteiger partial charge in [0.05, 0.1) is 36.2 Å². The number of sulfonamides is 1. The molecule has 0 spiro atoms. The molecule has 0 saturated heterocycles. The maximum absolute atomic E-state index is 13.7. The molecule has 0 aliphatic rings. The van der Waals surface area contributed by atoms with Gasteiger partial charge in [0.25, 0.3) is 0 Å². The summed E-state index contributed by atoms with van der Waals surface area (Å²) in [5.41, 5.74) is 0.855. The zero-order valence-corrected chi connectivity index (χ0v) is 23.9. The molecule has 37 heavy (non-hydrogen) atoms. The van der Waals surface area contributed by atoms with E-state index in [1.54, 1.807) is 31.2 Å². The van der Waals surface area contributed by atoms with Crippen molar-refractivity contribution < 1.29 is 27.5 Å². The van der Waals surface area contributed by atoms with E-state index >= 15 is 0 Å². The molecular formula is C25H33Cl2N3O6S. The summed E-state index contributed by atoms with van der Waals surface area (Å²) in [5.74, 6) is -0.176. The Balaban J connectivity index is 2.49. The van der Waals surface area contributed by atoms with Crippen molar-refractivity contribution in [2.45, 2.75) is 39.3 Å². The van der Waals surface area contributed by atoms with Crippen LogP contribution in [-0.2, 0) is 26.2 Å². The van der Waals surface area contributed by atoms with Crippen molar-refractivity contribution in [3.63, 3.8) is 0 Å². The minimum Gasteiger partial charge on any atom is -0.493 e. The molecular weight excluding hydrogens is 541 g/mol. The third kappa shape index (κ3) is 8.15. The lowest BCUT2D eigenvalue weighted by atomic mass is 10.1. The number of carbonyl (C=O) groups is 2. The van der Waals surface area contributed by atoms with Crippen LogP contribution in [0.15, 0.2) is 36.4 Å². The number of benzene rings is 2. The van der Waals surface area contributed by atoms with Gasteiger partial charge in [-0.1, -0.05) is 43.1 Å². The molecule has 0 saturated carbocycles. The lowest BCUT2D eigenvalue weighted by molar-refractivity contribution is -0.140. The number of halogens is 2. The lowest BCUT2D eigenvalue weighted by Gasteiger charge is -2.33. The summed E-state index contributed by atoms with van der Waals surface area (Å²) in [6.45, 7) is 3.65. The van der Waals surface area contributed by atoms with E-state index in [2.05, 4.69) is 5.32 Å². The molecule has 2 aromatic carbocycles. The van der Waals surface area contributed by atoms with Gasteiger partial charge in [-0.25, -0.2) is 8.42 Å². The third-order valence-electron chi connectivity index (χ3n) is 5.61. The van der Waals surface area contributed by atoms with Gasteiger partial charge in [-0.05, 0) is 42.7 Å². The van der Waals surface area contributed by atoms with E-state index in [0.29, 0.717) is 40.1 Å². The first kappa shape index (κ1) is 30.5. The quantitative estimate of drug-likeness (QED) is 0.386. The van der Waals surface area contributed by atoms with Crippen LogP contribution in [0.3, 0.4) is 0 Å². The number of anilines is 1. The fourth-order valence-electron chi connectivity index (χ4n) is 3.71. The minimum absolute atomic E-state index is 0.0251. The van der Waals surface area contributed by atoms with Crippen LogP contribution in [0.5, 0.6) is 11.5 Å². The van der Waals surface area contributed by atoms with Gasteiger partial charge in [-0.15, -0.1) is 0 Å². The van der Waals surface area contributed by atoms with Crippen molar-refractivity contribution in [1.29, 1.82) is 0 Å². The Morgan fingerprint density at radius 3 is 2.22 bits per heavy atom. The highest BCUT2D eigenvalue weighted by molar-refractivity contribution is 7.92.